The van der Waals surface area contributed by atoms with Crippen LogP contribution >= 0.6 is 0 Å². The van der Waals surface area contributed by atoms with Crippen LogP contribution in [-0.2, 0) is 17.6 Å². The summed E-state index contributed by atoms with van der Waals surface area (Å²) in [6.45, 7) is 0. The predicted molar refractivity (Wildman–Crippen MR) is 68.8 cm³/mol. The van der Waals surface area contributed by atoms with Crippen LogP contribution in [0.15, 0.2) is 6.07 Å². The summed E-state index contributed by atoms with van der Waals surface area (Å²) < 4.78 is 0. The largest absolute Gasteiger partial charge is 0.480 e. The molecule has 0 saturated heterocycles. The normalized spacial score (nSPS) is 19.1. The van der Waals surface area contributed by atoms with E-state index in [2.05, 4.69) is 16.4 Å². The van der Waals surface area contributed by atoms with Gasteiger partial charge >= 0.3 is 5.97 Å². The van der Waals surface area contributed by atoms with Gasteiger partial charge in [0.2, 0.25) is 0 Å². The number of fused-ring (bicyclic) bond motifs is 1. The third-order valence-electron chi connectivity index (χ3n) is 4.15. The molecule has 0 amide bonds. The Kier molecular flexibility index (Phi) is 2.67. The van der Waals surface area contributed by atoms with Gasteiger partial charge < -0.3 is 10.4 Å². The molecule has 5 nitrogen and oxygen atoms in total. The van der Waals surface area contributed by atoms with Crippen LogP contribution in [0.3, 0.4) is 0 Å². The number of carboxylic acids is 1. The second-order valence-electron chi connectivity index (χ2n) is 5.32. The van der Waals surface area contributed by atoms with Crippen molar-refractivity contribution in [2.75, 3.05) is 5.32 Å². The van der Waals surface area contributed by atoms with Crippen LogP contribution in [0.1, 0.15) is 42.5 Å². The fourth-order valence-electron chi connectivity index (χ4n) is 2.80. The van der Waals surface area contributed by atoms with Gasteiger partial charge in [-0.2, -0.15) is 5.26 Å². The molecule has 0 radical (unpaired) electrons. The number of anilines is 1. The van der Waals surface area contributed by atoms with Crippen LogP contribution in [-0.4, -0.2) is 21.6 Å². The van der Waals surface area contributed by atoms with Crippen LogP contribution in [0.4, 0.5) is 5.82 Å². The molecule has 0 aliphatic heterocycles. The first-order valence-electron chi connectivity index (χ1n) is 6.59. The zero-order chi connectivity index (χ0) is 13.5. The third-order valence-corrected chi connectivity index (χ3v) is 4.15. The molecule has 0 spiro atoms. The highest BCUT2D eigenvalue weighted by Crippen LogP contribution is 2.36. The monoisotopic (exact) mass is 257 g/mol. The molecule has 2 N–H and O–H groups in total. The molecule has 98 valence electrons. The summed E-state index contributed by atoms with van der Waals surface area (Å²) in [5.74, 6) is -0.421. The number of nitrogens with one attached hydrogen (secondary N) is 1. The molecular formula is C14H15N3O2. The molecule has 19 heavy (non-hydrogen) atoms. The van der Waals surface area contributed by atoms with Crippen LogP contribution in [0.2, 0.25) is 0 Å². The van der Waals surface area contributed by atoms with Crippen LogP contribution in [0.5, 0.6) is 0 Å². The number of aliphatic carboxylic acids is 1. The van der Waals surface area contributed by atoms with Gasteiger partial charge in [-0.25, -0.2) is 9.78 Å². The minimum atomic E-state index is -0.925. The molecule has 3 rings (SSSR count). The summed E-state index contributed by atoms with van der Waals surface area (Å²) >= 11 is 0. The van der Waals surface area contributed by atoms with E-state index in [1.165, 1.54) is 0 Å². The standard InChI is InChI=1S/C14H15N3O2/c15-8-10-7-9-3-1-4-11(9)16-12(10)17-14(13(18)19)5-2-6-14/h7H,1-6H2,(H,16,17)(H,18,19). The van der Waals surface area contributed by atoms with Gasteiger partial charge in [0.1, 0.15) is 17.4 Å². The first-order chi connectivity index (χ1) is 9.14. The number of rotatable bonds is 3. The lowest BCUT2D eigenvalue weighted by molar-refractivity contribution is -0.145. The Morgan fingerprint density at radius 2 is 2.21 bits per heavy atom. The van der Waals surface area contributed by atoms with Gasteiger partial charge in [-0.05, 0) is 50.2 Å². The predicted octanol–water partition coefficient (Wildman–Crippen LogP) is 1.86. The van der Waals surface area contributed by atoms with Gasteiger partial charge in [0, 0.05) is 5.69 Å². The Bertz CT molecular complexity index is 585. The van der Waals surface area contributed by atoms with E-state index >= 15 is 0 Å². The van der Waals surface area contributed by atoms with Crippen LogP contribution in [0.25, 0.3) is 0 Å². The van der Waals surface area contributed by atoms with Crippen molar-refractivity contribution in [2.45, 2.75) is 44.1 Å². The summed E-state index contributed by atoms with van der Waals surface area (Å²) in [4.78, 5) is 15.8. The van der Waals surface area contributed by atoms with Crippen molar-refractivity contribution in [2.24, 2.45) is 0 Å². The van der Waals surface area contributed by atoms with E-state index < -0.39 is 11.5 Å². The topological polar surface area (TPSA) is 86.0 Å². The maximum atomic E-state index is 11.4. The number of aromatic nitrogens is 1. The molecule has 0 bridgehead atoms. The lowest BCUT2D eigenvalue weighted by Crippen LogP contribution is -2.52. The highest BCUT2D eigenvalue weighted by Gasteiger charge is 2.45. The zero-order valence-corrected chi connectivity index (χ0v) is 10.6. The van der Waals surface area contributed by atoms with E-state index in [1.807, 2.05) is 6.07 Å². The first kappa shape index (κ1) is 12.0. The van der Waals surface area contributed by atoms with Crippen LogP contribution < -0.4 is 5.32 Å². The smallest absolute Gasteiger partial charge is 0.329 e. The maximum Gasteiger partial charge on any atom is 0.329 e. The second kappa shape index (κ2) is 4.23. The highest BCUT2D eigenvalue weighted by molar-refractivity contribution is 5.84. The van der Waals surface area contributed by atoms with E-state index in [1.54, 1.807) is 0 Å². The Morgan fingerprint density at radius 1 is 1.42 bits per heavy atom. The van der Waals surface area contributed by atoms with Crippen molar-refractivity contribution in [3.05, 3.63) is 22.9 Å². The summed E-state index contributed by atoms with van der Waals surface area (Å²) in [5.41, 5.74) is 1.65. The average molecular weight is 257 g/mol. The Labute approximate surface area is 111 Å². The number of hydrogen-bond donors (Lipinski definition) is 2. The van der Waals surface area contributed by atoms with E-state index in [0.717, 1.165) is 36.9 Å². The minimum absolute atomic E-state index is 0.435. The number of pyridine rings is 1. The van der Waals surface area contributed by atoms with Gasteiger partial charge in [0.15, 0.2) is 0 Å². The first-order valence-corrected chi connectivity index (χ1v) is 6.59. The quantitative estimate of drug-likeness (QED) is 0.863. The lowest BCUT2D eigenvalue weighted by Gasteiger charge is -2.38. The Hall–Kier alpha value is -2.09. The fourth-order valence-corrected chi connectivity index (χ4v) is 2.80. The number of nitriles is 1. The molecule has 1 heterocycles. The Balaban J connectivity index is 1.97. The van der Waals surface area contributed by atoms with Crippen molar-refractivity contribution in [3.8, 4) is 6.07 Å². The fraction of sp³-hybridized carbons (Fsp3) is 0.500. The third kappa shape index (κ3) is 1.84. The highest BCUT2D eigenvalue weighted by atomic mass is 16.4. The summed E-state index contributed by atoms with van der Waals surface area (Å²) in [5, 5.41) is 21.5. The molecule has 2 aliphatic carbocycles. The molecule has 1 aromatic heterocycles. The van der Waals surface area contributed by atoms with Crippen molar-refractivity contribution >= 4 is 11.8 Å². The molecule has 1 saturated carbocycles. The van der Waals surface area contributed by atoms with Gasteiger partial charge in [-0.3, -0.25) is 0 Å². The number of nitrogens with zero attached hydrogens (tertiary/aromatic N) is 2. The molecule has 0 atom stereocenters. The van der Waals surface area contributed by atoms with Crippen molar-refractivity contribution < 1.29 is 9.90 Å². The van der Waals surface area contributed by atoms with Crippen LogP contribution in [0, 0.1) is 11.3 Å². The molecular weight excluding hydrogens is 242 g/mol. The van der Waals surface area contributed by atoms with Crippen molar-refractivity contribution in [3.63, 3.8) is 0 Å². The molecule has 0 aromatic carbocycles. The number of carbonyl (C=O) groups is 1. The second-order valence-corrected chi connectivity index (χ2v) is 5.32. The molecule has 5 heteroatoms. The lowest BCUT2D eigenvalue weighted by atomic mass is 9.76. The summed E-state index contributed by atoms with van der Waals surface area (Å²) in [6.07, 6.45) is 5.00. The maximum absolute atomic E-state index is 11.4. The number of carboxylic acid groups (broad SMARTS) is 1. The number of hydrogen-bond acceptors (Lipinski definition) is 4. The molecule has 1 aromatic rings. The van der Waals surface area contributed by atoms with E-state index in [0.29, 0.717) is 24.2 Å². The average Bonchev–Trinajstić information content (AvgIpc) is 2.78. The summed E-state index contributed by atoms with van der Waals surface area (Å²) in [7, 11) is 0. The zero-order valence-electron chi connectivity index (χ0n) is 10.6. The van der Waals surface area contributed by atoms with E-state index in [-0.39, 0.29) is 0 Å². The van der Waals surface area contributed by atoms with Gasteiger partial charge in [-0.15, -0.1) is 0 Å². The van der Waals surface area contributed by atoms with Gasteiger partial charge in [-0.1, -0.05) is 0 Å². The minimum Gasteiger partial charge on any atom is -0.480 e. The summed E-state index contributed by atoms with van der Waals surface area (Å²) in [6, 6.07) is 3.97. The Morgan fingerprint density at radius 3 is 2.79 bits per heavy atom. The van der Waals surface area contributed by atoms with Gasteiger partial charge in [0.25, 0.3) is 0 Å². The van der Waals surface area contributed by atoms with Gasteiger partial charge in [0.05, 0.1) is 5.56 Å². The van der Waals surface area contributed by atoms with E-state index in [4.69, 9.17) is 0 Å². The SMILES string of the molecule is N#Cc1cc2c(nc1NC1(C(=O)O)CCC1)CCC2. The molecule has 2 aliphatic rings. The van der Waals surface area contributed by atoms with E-state index in [9.17, 15) is 15.2 Å². The van der Waals surface area contributed by atoms with Crippen molar-refractivity contribution in [1.29, 1.82) is 5.26 Å². The molecule has 1 fully saturated rings. The van der Waals surface area contributed by atoms with Crippen molar-refractivity contribution in [1.82, 2.24) is 4.98 Å². The molecule has 0 unspecified atom stereocenters. The number of aryl methyl sites for hydroxylation is 2.